The molecule has 1 N–H and O–H groups in total. The Morgan fingerprint density at radius 3 is 2.95 bits per heavy atom. The van der Waals surface area contributed by atoms with Gasteiger partial charge in [-0.25, -0.2) is 0 Å². The molecule has 22 heavy (non-hydrogen) atoms. The van der Waals surface area contributed by atoms with E-state index in [0.717, 1.165) is 42.7 Å². The van der Waals surface area contributed by atoms with E-state index in [1.807, 2.05) is 6.20 Å². The Bertz CT molecular complexity index is 633. The van der Waals surface area contributed by atoms with E-state index >= 15 is 0 Å². The van der Waals surface area contributed by atoms with Crippen LogP contribution in [-0.4, -0.2) is 34.5 Å². The van der Waals surface area contributed by atoms with E-state index in [1.165, 1.54) is 18.4 Å². The number of rotatable bonds is 8. The first-order valence-electron chi connectivity index (χ1n) is 8.27. The quantitative estimate of drug-likeness (QED) is 0.762. The first kappa shape index (κ1) is 15.4. The maximum absolute atomic E-state index is 5.13. The molecule has 0 aliphatic heterocycles. The minimum absolute atomic E-state index is 0.255. The fourth-order valence-corrected chi connectivity index (χ4v) is 2.83. The number of fused-ring (bicyclic) bond motifs is 1. The number of pyridine rings is 1. The average Bonchev–Trinajstić information content (AvgIpc) is 3.24. The highest BCUT2D eigenvalue weighted by molar-refractivity contribution is 5.78. The molecule has 0 spiro atoms. The lowest BCUT2D eigenvalue weighted by Crippen LogP contribution is -2.21. The largest absolute Gasteiger partial charge is 0.385 e. The van der Waals surface area contributed by atoms with Crippen molar-refractivity contribution in [3.63, 3.8) is 0 Å². The minimum Gasteiger partial charge on any atom is -0.385 e. The summed E-state index contributed by atoms with van der Waals surface area (Å²) in [5.41, 5.74) is 4.45. The maximum atomic E-state index is 5.13. The van der Waals surface area contributed by atoms with Crippen molar-refractivity contribution in [2.45, 2.75) is 58.2 Å². The molecule has 0 bridgehead atoms. The van der Waals surface area contributed by atoms with E-state index in [0.29, 0.717) is 6.04 Å². The van der Waals surface area contributed by atoms with Gasteiger partial charge in [0.1, 0.15) is 11.2 Å². The van der Waals surface area contributed by atoms with E-state index in [9.17, 15) is 0 Å². The highest BCUT2D eigenvalue weighted by atomic mass is 16.5. The highest BCUT2D eigenvalue weighted by Crippen LogP contribution is 2.27. The molecule has 120 valence electrons. The van der Waals surface area contributed by atoms with Crippen molar-refractivity contribution in [3.8, 4) is 0 Å². The molecular weight excluding hydrogens is 276 g/mol. The zero-order valence-corrected chi connectivity index (χ0v) is 13.8. The van der Waals surface area contributed by atoms with E-state index in [4.69, 9.17) is 9.84 Å². The van der Waals surface area contributed by atoms with Gasteiger partial charge in [-0.3, -0.25) is 9.67 Å². The summed E-state index contributed by atoms with van der Waals surface area (Å²) in [7, 11) is 1.75. The summed E-state index contributed by atoms with van der Waals surface area (Å²) in [5, 5.41) is 8.49. The lowest BCUT2D eigenvalue weighted by molar-refractivity contribution is 0.191. The number of aryl methyl sites for hydroxylation is 2. The van der Waals surface area contributed by atoms with E-state index < -0.39 is 0 Å². The molecule has 1 aliphatic carbocycles. The van der Waals surface area contributed by atoms with Gasteiger partial charge in [0.25, 0.3) is 0 Å². The van der Waals surface area contributed by atoms with Crippen LogP contribution < -0.4 is 5.32 Å². The van der Waals surface area contributed by atoms with Crippen molar-refractivity contribution in [1.82, 2.24) is 20.1 Å². The summed E-state index contributed by atoms with van der Waals surface area (Å²) in [4.78, 5) is 4.65. The van der Waals surface area contributed by atoms with Crippen LogP contribution in [0.5, 0.6) is 0 Å². The Morgan fingerprint density at radius 1 is 1.41 bits per heavy atom. The van der Waals surface area contributed by atoms with Gasteiger partial charge in [0, 0.05) is 32.5 Å². The summed E-state index contributed by atoms with van der Waals surface area (Å²) in [6, 6.07) is 3.12. The molecule has 0 saturated heterocycles. The van der Waals surface area contributed by atoms with Crippen LogP contribution in [0.1, 0.15) is 49.9 Å². The maximum Gasteiger partial charge on any atom is 0.113 e. The molecule has 1 atom stereocenters. The van der Waals surface area contributed by atoms with Crippen LogP contribution in [0, 0.1) is 6.92 Å². The van der Waals surface area contributed by atoms with Gasteiger partial charge in [-0.2, -0.15) is 5.10 Å². The molecule has 2 aromatic rings. The van der Waals surface area contributed by atoms with Gasteiger partial charge < -0.3 is 10.1 Å². The van der Waals surface area contributed by atoms with Crippen molar-refractivity contribution >= 4 is 11.0 Å². The van der Waals surface area contributed by atoms with Crippen molar-refractivity contribution < 1.29 is 4.74 Å². The first-order valence-corrected chi connectivity index (χ1v) is 8.27. The molecule has 2 aromatic heterocycles. The van der Waals surface area contributed by atoms with Crippen molar-refractivity contribution in [3.05, 3.63) is 23.5 Å². The van der Waals surface area contributed by atoms with Gasteiger partial charge in [0.15, 0.2) is 0 Å². The van der Waals surface area contributed by atoms with Gasteiger partial charge in [-0.05, 0) is 51.2 Å². The first-order chi connectivity index (χ1) is 10.7. The SMILES string of the molecule is COCCCCn1nc(C(C)NC2CC2)c2ncc(C)cc21. The summed E-state index contributed by atoms with van der Waals surface area (Å²) >= 11 is 0. The number of hydrogen-bond acceptors (Lipinski definition) is 4. The highest BCUT2D eigenvalue weighted by Gasteiger charge is 2.26. The molecule has 5 heteroatoms. The zero-order chi connectivity index (χ0) is 15.5. The number of hydrogen-bond donors (Lipinski definition) is 1. The van der Waals surface area contributed by atoms with Crippen molar-refractivity contribution in [2.75, 3.05) is 13.7 Å². The molecule has 0 aromatic carbocycles. The van der Waals surface area contributed by atoms with Gasteiger partial charge in [-0.1, -0.05) is 0 Å². The molecule has 2 heterocycles. The third-order valence-corrected chi connectivity index (χ3v) is 4.20. The molecule has 1 saturated carbocycles. The summed E-state index contributed by atoms with van der Waals surface area (Å²) in [6.07, 6.45) is 6.64. The molecular formula is C17H26N4O. The molecule has 1 aliphatic rings. The van der Waals surface area contributed by atoms with E-state index in [2.05, 4.69) is 34.9 Å². The predicted molar refractivity (Wildman–Crippen MR) is 87.9 cm³/mol. The number of unbranched alkanes of at least 4 members (excludes halogenated alkanes) is 1. The normalized spacial score (nSPS) is 16.3. The summed E-state index contributed by atoms with van der Waals surface area (Å²) in [5.74, 6) is 0. The second kappa shape index (κ2) is 6.75. The smallest absolute Gasteiger partial charge is 0.113 e. The third kappa shape index (κ3) is 3.47. The molecule has 3 rings (SSSR count). The molecule has 1 fully saturated rings. The standard InChI is InChI=1S/C17H26N4O/c1-12-10-15-17(18-11-12)16(13(2)19-14-6-7-14)20-21(15)8-4-5-9-22-3/h10-11,13-14,19H,4-9H2,1-3H3. The lowest BCUT2D eigenvalue weighted by Gasteiger charge is -2.10. The van der Waals surface area contributed by atoms with Crippen LogP contribution in [0.15, 0.2) is 12.3 Å². The predicted octanol–water partition coefficient (Wildman–Crippen LogP) is 2.98. The van der Waals surface area contributed by atoms with Gasteiger partial charge >= 0.3 is 0 Å². The fourth-order valence-electron chi connectivity index (χ4n) is 2.83. The van der Waals surface area contributed by atoms with Gasteiger partial charge in [0.05, 0.1) is 11.6 Å². The topological polar surface area (TPSA) is 52.0 Å². The Balaban J connectivity index is 1.84. The Kier molecular flexibility index (Phi) is 4.74. The number of aromatic nitrogens is 3. The molecule has 5 nitrogen and oxygen atoms in total. The minimum atomic E-state index is 0.255. The number of methoxy groups -OCH3 is 1. The monoisotopic (exact) mass is 302 g/mol. The van der Waals surface area contributed by atoms with Gasteiger partial charge in [0.2, 0.25) is 0 Å². The number of nitrogens with one attached hydrogen (secondary N) is 1. The van der Waals surface area contributed by atoms with Gasteiger partial charge in [-0.15, -0.1) is 0 Å². The number of nitrogens with zero attached hydrogens (tertiary/aromatic N) is 3. The average molecular weight is 302 g/mol. The van der Waals surface area contributed by atoms with Crippen LogP contribution in [-0.2, 0) is 11.3 Å². The Labute approximate surface area is 132 Å². The van der Waals surface area contributed by atoms with Crippen LogP contribution >= 0.6 is 0 Å². The zero-order valence-electron chi connectivity index (χ0n) is 13.8. The van der Waals surface area contributed by atoms with Crippen LogP contribution in [0.25, 0.3) is 11.0 Å². The summed E-state index contributed by atoms with van der Waals surface area (Å²) < 4.78 is 7.24. The molecule has 0 amide bonds. The Hall–Kier alpha value is -1.46. The second-order valence-corrected chi connectivity index (χ2v) is 6.35. The number of ether oxygens (including phenoxy) is 1. The summed E-state index contributed by atoms with van der Waals surface area (Å²) in [6.45, 7) is 6.00. The van der Waals surface area contributed by atoms with Crippen LogP contribution in [0.3, 0.4) is 0 Å². The molecule has 1 unspecified atom stereocenters. The third-order valence-electron chi connectivity index (χ3n) is 4.20. The molecule has 0 radical (unpaired) electrons. The van der Waals surface area contributed by atoms with E-state index in [1.54, 1.807) is 7.11 Å². The van der Waals surface area contributed by atoms with Crippen LogP contribution in [0.2, 0.25) is 0 Å². The van der Waals surface area contributed by atoms with Crippen LogP contribution in [0.4, 0.5) is 0 Å². The van der Waals surface area contributed by atoms with Crippen molar-refractivity contribution in [1.29, 1.82) is 0 Å². The lowest BCUT2D eigenvalue weighted by atomic mass is 10.2. The second-order valence-electron chi connectivity index (χ2n) is 6.35. The van der Waals surface area contributed by atoms with Crippen molar-refractivity contribution in [2.24, 2.45) is 0 Å². The Morgan fingerprint density at radius 2 is 2.23 bits per heavy atom. The van der Waals surface area contributed by atoms with E-state index in [-0.39, 0.29) is 6.04 Å². The fraction of sp³-hybridized carbons (Fsp3) is 0.647.